The molecule has 21 heavy (non-hydrogen) atoms. The monoisotopic (exact) mass is 323 g/mol. The Balaban J connectivity index is 2.09. The van der Waals surface area contributed by atoms with Crippen molar-refractivity contribution in [2.45, 2.75) is 13.2 Å². The van der Waals surface area contributed by atoms with Crippen LogP contribution in [0.2, 0.25) is 10.0 Å². The molecule has 0 fully saturated rings. The lowest BCUT2D eigenvalue weighted by Crippen LogP contribution is -1.99. The van der Waals surface area contributed by atoms with Crippen molar-refractivity contribution in [2.75, 3.05) is 0 Å². The van der Waals surface area contributed by atoms with Crippen LogP contribution in [-0.4, -0.2) is 9.67 Å². The number of halogens is 3. The van der Waals surface area contributed by atoms with E-state index in [1.807, 2.05) is 22.9 Å². The van der Waals surface area contributed by atoms with Crippen LogP contribution in [0.1, 0.15) is 11.1 Å². The molecule has 0 amide bonds. The van der Waals surface area contributed by atoms with Crippen LogP contribution in [0, 0.1) is 5.82 Å². The summed E-state index contributed by atoms with van der Waals surface area (Å²) in [6.07, 6.45) is 1.86. The van der Waals surface area contributed by atoms with Crippen LogP contribution in [0.3, 0.4) is 0 Å². The van der Waals surface area contributed by atoms with Gasteiger partial charge in [-0.1, -0.05) is 35.3 Å². The van der Waals surface area contributed by atoms with E-state index in [9.17, 15) is 9.50 Å². The molecule has 0 unspecified atom stereocenters. The number of rotatable bonds is 3. The molecule has 0 aliphatic heterocycles. The van der Waals surface area contributed by atoms with Crippen molar-refractivity contribution in [3.05, 3.63) is 69.6 Å². The normalized spacial score (nSPS) is 11.2. The molecule has 0 atom stereocenters. The Bertz CT molecular complexity index is 813. The van der Waals surface area contributed by atoms with E-state index >= 15 is 0 Å². The molecule has 0 saturated heterocycles. The summed E-state index contributed by atoms with van der Waals surface area (Å²) in [6, 6.07) is 9.85. The fourth-order valence-corrected chi connectivity index (χ4v) is 2.82. The summed E-state index contributed by atoms with van der Waals surface area (Å²) in [5.74, 6) is -0.361. The lowest BCUT2D eigenvalue weighted by atomic mass is 10.2. The molecule has 3 aromatic rings. The van der Waals surface area contributed by atoms with Crippen molar-refractivity contribution in [3.8, 4) is 0 Å². The first-order valence-electron chi connectivity index (χ1n) is 6.40. The van der Waals surface area contributed by atoms with Gasteiger partial charge in [-0.3, -0.25) is 0 Å². The number of hydrogen-bond donors (Lipinski definition) is 1. The minimum atomic E-state index is -0.361. The average Bonchev–Trinajstić information content (AvgIpc) is 2.79. The highest BCUT2D eigenvalue weighted by molar-refractivity contribution is 6.31. The van der Waals surface area contributed by atoms with Gasteiger partial charge < -0.3 is 9.67 Å². The molecule has 0 spiro atoms. The first-order valence-corrected chi connectivity index (χ1v) is 7.16. The predicted octanol–water partition coefficient (Wildman–Crippen LogP) is 4.63. The summed E-state index contributed by atoms with van der Waals surface area (Å²) in [4.78, 5) is 0. The molecule has 108 valence electrons. The first kappa shape index (κ1) is 14.4. The van der Waals surface area contributed by atoms with Crippen LogP contribution in [0.4, 0.5) is 4.39 Å². The van der Waals surface area contributed by atoms with Crippen molar-refractivity contribution in [2.24, 2.45) is 0 Å². The van der Waals surface area contributed by atoms with E-state index in [1.165, 1.54) is 12.1 Å². The minimum Gasteiger partial charge on any atom is -0.392 e. The van der Waals surface area contributed by atoms with Gasteiger partial charge in [0, 0.05) is 33.7 Å². The number of fused-ring (bicyclic) bond motifs is 1. The van der Waals surface area contributed by atoms with E-state index in [4.69, 9.17) is 23.2 Å². The number of hydrogen-bond acceptors (Lipinski definition) is 1. The van der Waals surface area contributed by atoms with Gasteiger partial charge in [0.15, 0.2) is 0 Å². The van der Waals surface area contributed by atoms with Gasteiger partial charge in [0.1, 0.15) is 5.82 Å². The highest BCUT2D eigenvalue weighted by atomic mass is 35.5. The number of aliphatic hydroxyl groups is 1. The molecular formula is C16H12Cl2FNO. The lowest BCUT2D eigenvalue weighted by Gasteiger charge is -2.08. The second-order valence-corrected chi connectivity index (χ2v) is 5.68. The molecule has 0 radical (unpaired) electrons. The van der Waals surface area contributed by atoms with Crippen molar-refractivity contribution < 1.29 is 9.50 Å². The van der Waals surface area contributed by atoms with Gasteiger partial charge >= 0.3 is 0 Å². The second kappa shape index (κ2) is 5.68. The molecule has 1 N–H and O–H groups in total. The van der Waals surface area contributed by atoms with E-state index in [1.54, 1.807) is 12.1 Å². The third-order valence-corrected chi connectivity index (χ3v) is 4.04. The molecule has 5 heteroatoms. The number of aromatic nitrogens is 1. The Hall–Kier alpha value is -1.55. The Morgan fingerprint density at radius 1 is 1.05 bits per heavy atom. The van der Waals surface area contributed by atoms with Gasteiger partial charge in [0.25, 0.3) is 0 Å². The number of benzene rings is 2. The zero-order chi connectivity index (χ0) is 15.0. The Kier molecular flexibility index (Phi) is 3.89. The summed E-state index contributed by atoms with van der Waals surface area (Å²) in [5, 5.41) is 11.4. The smallest absolute Gasteiger partial charge is 0.124 e. The third kappa shape index (κ3) is 2.77. The van der Waals surface area contributed by atoms with Gasteiger partial charge in [0.05, 0.1) is 12.1 Å². The highest BCUT2D eigenvalue weighted by Crippen LogP contribution is 2.27. The molecule has 1 aromatic heterocycles. The Morgan fingerprint density at radius 2 is 1.86 bits per heavy atom. The van der Waals surface area contributed by atoms with Gasteiger partial charge in [-0.05, 0) is 29.8 Å². The van der Waals surface area contributed by atoms with Gasteiger partial charge in [-0.25, -0.2) is 4.39 Å². The van der Waals surface area contributed by atoms with Crippen LogP contribution in [0.25, 0.3) is 10.9 Å². The van der Waals surface area contributed by atoms with Crippen LogP contribution < -0.4 is 0 Å². The van der Waals surface area contributed by atoms with Crippen LogP contribution in [-0.2, 0) is 13.2 Å². The van der Waals surface area contributed by atoms with Crippen molar-refractivity contribution in [1.82, 2.24) is 4.57 Å². The van der Waals surface area contributed by atoms with Crippen LogP contribution >= 0.6 is 23.2 Å². The van der Waals surface area contributed by atoms with E-state index in [0.29, 0.717) is 16.6 Å². The molecule has 0 saturated carbocycles. The summed E-state index contributed by atoms with van der Waals surface area (Å²) < 4.78 is 15.1. The van der Waals surface area contributed by atoms with Crippen LogP contribution in [0.5, 0.6) is 0 Å². The standard InChI is InChI=1S/C16H12Cl2FNO/c17-12-2-4-14-11(9-21)8-20(16(14)5-12)7-10-1-3-13(19)6-15(10)18/h1-6,8,21H,7,9H2. The lowest BCUT2D eigenvalue weighted by molar-refractivity contribution is 0.283. The Morgan fingerprint density at radius 3 is 2.57 bits per heavy atom. The van der Waals surface area contributed by atoms with E-state index in [-0.39, 0.29) is 12.4 Å². The predicted molar refractivity (Wildman–Crippen MR) is 83.4 cm³/mol. The summed E-state index contributed by atoms with van der Waals surface area (Å²) >= 11 is 12.1. The van der Waals surface area contributed by atoms with Crippen LogP contribution in [0.15, 0.2) is 42.6 Å². The fraction of sp³-hybridized carbons (Fsp3) is 0.125. The summed E-state index contributed by atoms with van der Waals surface area (Å²) in [5.41, 5.74) is 2.53. The van der Waals surface area contributed by atoms with E-state index in [2.05, 4.69) is 0 Å². The molecular weight excluding hydrogens is 312 g/mol. The zero-order valence-corrected chi connectivity index (χ0v) is 12.5. The van der Waals surface area contributed by atoms with Crippen molar-refractivity contribution >= 4 is 34.1 Å². The molecule has 3 rings (SSSR count). The van der Waals surface area contributed by atoms with Gasteiger partial charge in [-0.2, -0.15) is 0 Å². The largest absolute Gasteiger partial charge is 0.392 e. The maximum Gasteiger partial charge on any atom is 0.124 e. The highest BCUT2D eigenvalue weighted by Gasteiger charge is 2.10. The Labute approximate surface area is 131 Å². The maximum atomic E-state index is 13.1. The molecule has 0 bridgehead atoms. The quantitative estimate of drug-likeness (QED) is 0.747. The van der Waals surface area contributed by atoms with Gasteiger partial charge in [-0.15, -0.1) is 0 Å². The third-order valence-electron chi connectivity index (χ3n) is 3.45. The second-order valence-electron chi connectivity index (χ2n) is 4.84. The van der Waals surface area contributed by atoms with Crippen molar-refractivity contribution in [3.63, 3.8) is 0 Å². The average molecular weight is 324 g/mol. The SMILES string of the molecule is OCc1cn(Cc2ccc(F)cc2Cl)c2cc(Cl)ccc12. The summed E-state index contributed by atoms with van der Waals surface area (Å²) in [7, 11) is 0. The molecule has 1 heterocycles. The maximum absolute atomic E-state index is 13.1. The summed E-state index contributed by atoms with van der Waals surface area (Å²) in [6.45, 7) is 0.429. The molecule has 2 aromatic carbocycles. The zero-order valence-electron chi connectivity index (χ0n) is 11.0. The minimum absolute atomic E-state index is 0.0533. The van der Waals surface area contributed by atoms with E-state index in [0.717, 1.165) is 22.0 Å². The van der Waals surface area contributed by atoms with Crippen molar-refractivity contribution in [1.29, 1.82) is 0 Å². The number of nitrogens with zero attached hydrogens (tertiary/aromatic N) is 1. The number of aliphatic hydroxyl groups excluding tert-OH is 1. The van der Waals surface area contributed by atoms with Gasteiger partial charge in [0.2, 0.25) is 0 Å². The first-order chi connectivity index (χ1) is 10.1. The molecule has 0 aliphatic rings. The fourth-order valence-electron chi connectivity index (χ4n) is 2.43. The molecule has 0 aliphatic carbocycles. The molecule has 2 nitrogen and oxygen atoms in total. The topological polar surface area (TPSA) is 25.2 Å². The van der Waals surface area contributed by atoms with E-state index < -0.39 is 0 Å².